The Morgan fingerprint density at radius 3 is 2.65 bits per heavy atom. The van der Waals surface area contributed by atoms with Crippen LogP contribution in [-0.4, -0.2) is 26.7 Å². The molecule has 0 spiro atoms. The Labute approximate surface area is 225 Å². The molecule has 3 aliphatic rings. The van der Waals surface area contributed by atoms with Crippen LogP contribution in [0, 0.1) is 36.0 Å². The third-order valence-corrected chi connectivity index (χ3v) is 11.0. The molecule has 37 heavy (non-hydrogen) atoms. The van der Waals surface area contributed by atoms with Gasteiger partial charge in [0.25, 0.3) is 10.1 Å². The van der Waals surface area contributed by atoms with Crippen molar-refractivity contribution in [3.8, 4) is 0 Å². The van der Waals surface area contributed by atoms with E-state index < -0.39 is 10.1 Å². The van der Waals surface area contributed by atoms with Gasteiger partial charge in [-0.05, 0) is 118 Å². The molecule has 0 unspecified atom stereocenters. The van der Waals surface area contributed by atoms with E-state index in [0.29, 0.717) is 29.1 Å². The summed E-state index contributed by atoms with van der Waals surface area (Å²) in [6.45, 7) is 11.6. The topological polar surface area (TPSA) is 63.6 Å². The van der Waals surface area contributed by atoms with Gasteiger partial charge in [-0.3, -0.25) is 4.18 Å². The first-order valence-electron chi connectivity index (χ1n) is 14.3. The summed E-state index contributed by atoms with van der Waals surface area (Å²) in [5, 5.41) is 9.62. The Kier molecular flexibility index (Phi) is 9.19. The van der Waals surface area contributed by atoms with E-state index in [2.05, 4.69) is 32.6 Å². The average molecular weight is 527 g/mol. The standard InChI is InChI=1S/C32H46O4S/c1-23-9-15-29(16-10-23)37(34,35)36-20-6-7-25(3)30-17-18-31-27(8-5-19-32(30,31)4)13-14-28-21-26(22-33)12-11-24(28)2/h9-10,13-16,25-26,30-31,33H,2,5-8,11-12,17-22H2,1,3-4H3/b27-13+,28-14-/t25-,26-,30+,31-,32+/m0/s1. The molecule has 3 aliphatic carbocycles. The van der Waals surface area contributed by atoms with Crippen molar-refractivity contribution in [3.63, 3.8) is 0 Å². The molecule has 5 heteroatoms. The Balaban J connectivity index is 1.34. The zero-order valence-corrected chi connectivity index (χ0v) is 23.9. The van der Waals surface area contributed by atoms with Crippen molar-refractivity contribution in [2.45, 2.75) is 89.9 Å². The summed E-state index contributed by atoms with van der Waals surface area (Å²) in [6.07, 6.45) is 15.7. The van der Waals surface area contributed by atoms with Crippen molar-refractivity contribution in [3.05, 3.63) is 65.3 Å². The third kappa shape index (κ3) is 6.49. The van der Waals surface area contributed by atoms with Gasteiger partial charge in [0.2, 0.25) is 0 Å². The van der Waals surface area contributed by atoms with Crippen LogP contribution in [0.4, 0.5) is 0 Å². The number of aliphatic hydroxyl groups is 1. The van der Waals surface area contributed by atoms with Crippen LogP contribution in [0.15, 0.2) is 64.6 Å². The average Bonchev–Trinajstić information content (AvgIpc) is 3.24. The van der Waals surface area contributed by atoms with Crippen LogP contribution in [0.3, 0.4) is 0 Å². The molecule has 0 radical (unpaired) electrons. The molecule has 3 saturated carbocycles. The lowest BCUT2D eigenvalue weighted by molar-refractivity contribution is 0.0916. The first kappa shape index (κ1) is 28.3. The third-order valence-electron chi connectivity index (χ3n) is 9.65. The molecule has 0 aliphatic heterocycles. The summed E-state index contributed by atoms with van der Waals surface area (Å²) in [4.78, 5) is 0.234. The van der Waals surface area contributed by atoms with Crippen molar-refractivity contribution in [2.24, 2.45) is 29.1 Å². The minimum atomic E-state index is -3.69. The van der Waals surface area contributed by atoms with Crippen LogP contribution in [0.1, 0.15) is 83.6 Å². The van der Waals surface area contributed by atoms with Crippen LogP contribution >= 0.6 is 0 Å². The molecule has 0 amide bonds. The molecule has 4 rings (SSSR count). The second-order valence-electron chi connectivity index (χ2n) is 12.1. The highest BCUT2D eigenvalue weighted by atomic mass is 32.2. The number of hydrogen-bond acceptors (Lipinski definition) is 4. The fourth-order valence-electron chi connectivity index (χ4n) is 7.41. The van der Waals surface area contributed by atoms with Crippen molar-refractivity contribution in [2.75, 3.05) is 13.2 Å². The second kappa shape index (κ2) is 12.0. The normalized spacial score (nSPS) is 31.6. The summed E-state index contributed by atoms with van der Waals surface area (Å²) in [6, 6.07) is 6.84. The van der Waals surface area contributed by atoms with Gasteiger partial charge in [0, 0.05) is 6.61 Å². The minimum Gasteiger partial charge on any atom is -0.396 e. The fraction of sp³-hybridized carbons (Fsp3) is 0.625. The molecule has 4 nitrogen and oxygen atoms in total. The molecule has 3 fully saturated rings. The number of rotatable bonds is 9. The number of aliphatic hydroxyl groups excluding tert-OH is 1. The van der Waals surface area contributed by atoms with E-state index in [1.54, 1.807) is 29.8 Å². The molecule has 1 N–H and O–H groups in total. The summed E-state index contributed by atoms with van der Waals surface area (Å²) in [5.41, 5.74) is 5.51. The Bertz CT molecular complexity index is 1110. The maximum Gasteiger partial charge on any atom is 0.296 e. The summed E-state index contributed by atoms with van der Waals surface area (Å²) >= 11 is 0. The lowest BCUT2D eigenvalue weighted by Gasteiger charge is -2.44. The Morgan fingerprint density at radius 1 is 1.16 bits per heavy atom. The number of hydrogen-bond donors (Lipinski definition) is 1. The molecular formula is C32H46O4S. The smallest absolute Gasteiger partial charge is 0.296 e. The van der Waals surface area contributed by atoms with E-state index in [0.717, 1.165) is 37.7 Å². The highest BCUT2D eigenvalue weighted by molar-refractivity contribution is 7.86. The van der Waals surface area contributed by atoms with E-state index in [9.17, 15) is 13.5 Å². The maximum atomic E-state index is 12.5. The lowest BCUT2D eigenvalue weighted by Crippen LogP contribution is -2.36. The number of allylic oxidation sites excluding steroid dienone is 5. The monoisotopic (exact) mass is 526 g/mol. The van der Waals surface area contributed by atoms with Crippen LogP contribution in [0.25, 0.3) is 0 Å². The van der Waals surface area contributed by atoms with Crippen LogP contribution in [0.5, 0.6) is 0 Å². The molecular weight excluding hydrogens is 480 g/mol. The summed E-state index contributed by atoms with van der Waals surface area (Å²) in [5.74, 6) is 2.21. The quantitative estimate of drug-likeness (QED) is 0.267. The van der Waals surface area contributed by atoms with Crippen molar-refractivity contribution < 1.29 is 17.7 Å². The largest absolute Gasteiger partial charge is 0.396 e. The van der Waals surface area contributed by atoms with Crippen LogP contribution in [-0.2, 0) is 14.3 Å². The summed E-state index contributed by atoms with van der Waals surface area (Å²) in [7, 11) is -3.69. The molecule has 0 saturated heterocycles. The molecule has 5 atom stereocenters. The van der Waals surface area contributed by atoms with Crippen molar-refractivity contribution in [1.82, 2.24) is 0 Å². The van der Waals surface area contributed by atoms with Gasteiger partial charge >= 0.3 is 0 Å². The van der Waals surface area contributed by atoms with E-state index in [1.807, 2.05) is 6.92 Å². The highest BCUT2D eigenvalue weighted by Crippen LogP contribution is 2.59. The Morgan fingerprint density at radius 2 is 1.92 bits per heavy atom. The fourth-order valence-corrected chi connectivity index (χ4v) is 8.35. The molecule has 0 aromatic heterocycles. The predicted molar refractivity (Wildman–Crippen MR) is 151 cm³/mol. The van der Waals surface area contributed by atoms with E-state index >= 15 is 0 Å². The minimum absolute atomic E-state index is 0.234. The highest BCUT2D eigenvalue weighted by Gasteiger charge is 2.50. The second-order valence-corrected chi connectivity index (χ2v) is 13.7. The predicted octanol–water partition coefficient (Wildman–Crippen LogP) is 7.53. The zero-order valence-electron chi connectivity index (χ0n) is 23.0. The van der Waals surface area contributed by atoms with Gasteiger partial charge in [0.05, 0.1) is 11.5 Å². The molecule has 0 bridgehead atoms. The van der Waals surface area contributed by atoms with E-state index in [-0.39, 0.29) is 18.1 Å². The molecule has 1 aromatic rings. The maximum absolute atomic E-state index is 12.5. The number of fused-ring (bicyclic) bond motifs is 1. The van der Waals surface area contributed by atoms with Crippen LogP contribution in [0.2, 0.25) is 0 Å². The zero-order chi connectivity index (χ0) is 26.6. The van der Waals surface area contributed by atoms with Crippen molar-refractivity contribution in [1.29, 1.82) is 0 Å². The molecule has 1 aromatic carbocycles. The van der Waals surface area contributed by atoms with Gasteiger partial charge in [0.15, 0.2) is 0 Å². The number of benzene rings is 1. The van der Waals surface area contributed by atoms with E-state index in [4.69, 9.17) is 4.18 Å². The van der Waals surface area contributed by atoms with Crippen molar-refractivity contribution >= 4 is 10.1 Å². The molecule has 204 valence electrons. The first-order chi connectivity index (χ1) is 17.6. The lowest BCUT2D eigenvalue weighted by atomic mass is 9.60. The van der Waals surface area contributed by atoms with Gasteiger partial charge in [0.1, 0.15) is 0 Å². The van der Waals surface area contributed by atoms with Gasteiger partial charge < -0.3 is 5.11 Å². The first-order valence-corrected chi connectivity index (χ1v) is 15.7. The van der Waals surface area contributed by atoms with E-state index in [1.165, 1.54) is 43.3 Å². The van der Waals surface area contributed by atoms with Crippen LogP contribution < -0.4 is 0 Å². The van der Waals surface area contributed by atoms with Gasteiger partial charge in [-0.2, -0.15) is 8.42 Å². The Hall–Kier alpha value is -1.69. The van der Waals surface area contributed by atoms with Gasteiger partial charge in [-0.25, -0.2) is 0 Å². The SMILES string of the molecule is C=C1CC[C@H](CO)C/C1=C/C=C1\CCC[C@]2(C)[C@@H]([C@@H](C)CCCOS(=O)(=O)c3ccc(C)cc3)CC[C@@H]12. The number of aryl methyl sites for hydroxylation is 1. The summed E-state index contributed by atoms with van der Waals surface area (Å²) < 4.78 is 30.4. The molecule has 0 heterocycles. The van der Waals surface area contributed by atoms with Gasteiger partial charge in [-0.1, -0.05) is 61.4 Å². The van der Waals surface area contributed by atoms with Gasteiger partial charge in [-0.15, -0.1) is 0 Å².